The summed E-state index contributed by atoms with van der Waals surface area (Å²) in [5.74, 6) is 2.72. The van der Waals surface area contributed by atoms with Crippen molar-refractivity contribution >= 4 is 28.6 Å². The zero-order valence-corrected chi connectivity index (χ0v) is 21.1. The molecule has 0 saturated heterocycles. The van der Waals surface area contributed by atoms with E-state index in [4.69, 9.17) is 18.6 Å². The first-order valence-electron chi connectivity index (χ1n) is 11.7. The Bertz CT molecular complexity index is 1560. The van der Waals surface area contributed by atoms with E-state index in [9.17, 15) is 4.79 Å². The molecule has 1 N–H and O–H groups in total. The predicted molar refractivity (Wildman–Crippen MR) is 143 cm³/mol. The van der Waals surface area contributed by atoms with E-state index in [1.807, 2.05) is 60.7 Å². The van der Waals surface area contributed by atoms with Crippen LogP contribution in [0.4, 0.5) is 11.5 Å². The van der Waals surface area contributed by atoms with Crippen LogP contribution in [0.15, 0.2) is 83.5 Å². The molecule has 5 aromatic rings. The van der Waals surface area contributed by atoms with E-state index in [0.717, 1.165) is 28.2 Å². The van der Waals surface area contributed by atoms with Gasteiger partial charge in [-0.1, -0.05) is 18.2 Å². The van der Waals surface area contributed by atoms with E-state index in [1.54, 1.807) is 26.4 Å². The zero-order valence-electron chi connectivity index (χ0n) is 21.1. The van der Waals surface area contributed by atoms with Crippen molar-refractivity contribution < 1.29 is 28.2 Å². The average Bonchev–Trinajstić information content (AvgIpc) is 3.37. The molecule has 0 radical (unpaired) electrons. The molecular weight excluding hydrogens is 486 g/mol. The fourth-order valence-corrected chi connectivity index (χ4v) is 4.01. The van der Waals surface area contributed by atoms with Gasteiger partial charge in [0.1, 0.15) is 35.2 Å². The molecule has 0 saturated carbocycles. The number of carbonyl (C=O) groups excluding carboxylic acids is 1. The number of nitrogens with one attached hydrogen (secondary N) is 1. The molecule has 5 rings (SSSR count). The molecule has 0 fully saturated rings. The monoisotopic (exact) mass is 511 g/mol. The van der Waals surface area contributed by atoms with Gasteiger partial charge in [0.05, 0.1) is 26.7 Å². The van der Waals surface area contributed by atoms with Crippen molar-refractivity contribution in [3.8, 4) is 39.7 Å². The molecule has 0 aliphatic carbocycles. The lowest BCUT2D eigenvalue weighted by Gasteiger charge is -2.11. The fraction of sp³-hybridized carbons (Fsp3) is 0.138. The average molecular weight is 512 g/mol. The highest BCUT2D eigenvalue weighted by Gasteiger charge is 2.22. The zero-order chi connectivity index (χ0) is 26.5. The maximum atomic E-state index is 11.5. The molecule has 2 aromatic heterocycles. The SMILES string of the molecule is COC(=O)COc1cccc(Nc2ncnc3oc(-c4ccc(OC)cc4)c(-c4ccc(OC)cc4)c23)c1. The van der Waals surface area contributed by atoms with Gasteiger partial charge in [-0.15, -0.1) is 0 Å². The standard InChI is InChI=1S/C29H25N3O6/c1-34-21-11-7-18(8-12-21)25-26-28(32-20-5-4-6-23(15-20)37-16-24(33)36-3)30-17-31-29(26)38-27(25)19-9-13-22(35-2)14-10-19/h4-15,17H,16H2,1-3H3,(H,30,31,32). The van der Waals surface area contributed by atoms with Crippen molar-refractivity contribution in [1.29, 1.82) is 0 Å². The summed E-state index contributed by atoms with van der Waals surface area (Å²) in [6.45, 7) is -0.188. The number of esters is 1. The quantitative estimate of drug-likeness (QED) is 0.243. The fourth-order valence-electron chi connectivity index (χ4n) is 4.01. The highest BCUT2D eigenvalue weighted by Crippen LogP contribution is 2.43. The molecule has 9 heteroatoms. The van der Waals surface area contributed by atoms with Crippen LogP contribution in [0.5, 0.6) is 17.2 Å². The first kappa shape index (κ1) is 24.6. The number of carbonyl (C=O) groups is 1. The molecular formula is C29H25N3O6. The van der Waals surface area contributed by atoms with Crippen LogP contribution < -0.4 is 19.5 Å². The number of anilines is 2. The van der Waals surface area contributed by atoms with Crippen LogP contribution in [0, 0.1) is 0 Å². The van der Waals surface area contributed by atoms with Crippen molar-refractivity contribution in [2.24, 2.45) is 0 Å². The number of fused-ring (bicyclic) bond motifs is 1. The lowest BCUT2D eigenvalue weighted by atomic mass is 9.99. The molecule has 0 aliphatic heterocycles. The molecule has 9 nitrogen and oxygen atoms in total. The number of aromatic nitrogens is 2. The number of hydrogen-bond donors (Lipinski definition) is 1. The minimum absolute atomic E-state index is 0.188. The number of nitrogens with zero attached hydrogens (tertiary/aromatic N) is 2. The molecule has 3 aromatic carbocycles. The van der Waals surface area contributed by atoms with Gasteiger partial charge in [0, 0.05) is 22.9 Å². The lowest BCUT2D eigenvalue weighted by molar-refractivity contribution is -0.142. The number of hydrogen-bond acceptors (Lipinski definition) is 9. The first-order chi connectivity index (χ1) is 18.6. The van der Waals surface area contributed by atoms with Gasteiger partial charge in [-0.05, 0) is 54.1 Å². The Morgan fingerprint density at radius 1 is 0.842 bits per heavy atom. The van der Waals surface area contributed by atoms with Gasteiger partial charge in [-0.25, -0.2) is 14.8 Å². The van der Waals surface area contributed by atoms with Crippen LogP contribution in [-0.4, -0.2) is 43.9 Å². The molecule has 0 amide bonds. The Kier molecular flexibility index (Phi) is 7.08. The summed E-state index contributed by atoms with van der Waals surface area (Å²) in [5.41, 5.74) is 3.73. The Morgan fingerprint density at radius 3 is 2.18 bits per heavy atom. The second kappa shape index (κ2) is 10.9. The van der Waals surface area contributed by atoms with Gasteiger partial charge in [-0.3, -0.25) is 0 Å². The maximum Gasteiger partial charge on any atom is 0.343 e. The van der Waals surface area contributed by atoms with Crippen molar-refractivity contribution in [1.82, 2.24) is 9.97 Å². The van der Waals surface area contributed by atoms with E-state index in [0.29, 0.717) is 34.1 Å². The van der Waals surface area contributed by atoms with Gasteiger partial charge in [-0.2, -0.15) is 0 Å². The molecule has 0 bridgehead atoms. The largest absolute Gasteiger partial charge is 0.497 e. The Balaban J connectivity index is 1.61. The molecule has 0 spiro atoms. The van der Waals surface area contributed by atoms with E-state index in [2.05, 4.69) is 20.0 Å². The smallest absolute Gasteiger partial charge is 0.343 e. The highest BCUT2D eigenvalue weighted by atomic mass is 16.6. The molecule has 2 heterocycles. The van der Waals surface area contributed by atoms with Crippen LogP contribution in [0.1, 0.15) is 0 Å². The highest BCUT2D eigenvalue weighted by molar-refractivity contribution is 6.06. The van der Waals surface area contributed by atoms with Crippen molar-refractivity contribution in [3.63, 3.8) is 0 Å². The summed E-state index contributed by atoms with van der Waals surface area (Å²) in [6.07, 6.45) is 1.45. The third-order valence-electron chi connectivity index (χ3n) is 5.90. The van der Waals surface area contributed by atoms with Crippen LogP contribution in [0.2, 0.25) is 0 Å². The molecule has 192 valence electrons. The second-order valence-corrected chi connectivity index (χ2v) is 8.18. The molecule has 38 heavy (non-hydrogen) atoms. The van der Waals surface area contributed by atoms with Gasteiger partial charge in [0.25, 0.3) is 0 Å². The van der Waals surface area contributed by atoms with Gasteiger partial charge >= 0.3 is 5.97 Å². The van der Waals surface area contributed by atoms with Crippen molar-refractivity contribution in [2.75, 3.05) is 33.3 Å². The Morgan fingerprint density at radius 2 is 1.53 bits per heavy atom. The predicted octanol–water partition coefficient (Wildman–Crippen LogP) is 5.87. The second-order valence-electron chi connectivity index (χ2n) is 8.18. The van der Waals surface area contributed by atoms with E-state index in [1.165, 1.54) is 13.4 Å². The summed E-state index contributed by atoms with van der Waals surface area (Å²) in [5, 5.41) is 4.07. The number of methoxy groups -OCH3 is 3. The maximum absolute atomic E-state index is 11.5. The van der Waals surface area contributed by atoms with E-state index in [-0.39, 0.29) is 6.61 Å². The Labute approximate surface area is 219 Å². The summed E-state index contributed by atoms with van der Waals surface area (Å²) in [6, 6.07) is 22.6. The normalized spacial score (nSPS) is 10.7. The van der Waals surface area contributed by atoms with Crippen LogP contribution in [-0.2, 0) is 9.53 Å². The van der Waals surface area contributed by atoms with Crippen LogP contribution in [0.25, 0.3) is 33.6 Å². The molecule has 0 atom stereocenters. The minimum Gasteiger partial charge on any atom is -0.497 e. The van der Waals surface area contributed by atoms with Crippen LogP contribution in [0.3, 0.4) is 0 Å². The Hall–Kier alpha value is -5.05. The lowest BCUT2D eigenvalue weighted by Crippen LogP contribution is -2.12. The minimum atomic E-state index is -0.463. The number of rotatable bonds is 9. The van der Waals surface area contributed by atoms with Gasteiger partial charge < -0.3 is 28.7 Å². The summed E-state index contributed by atoms with van der Waals surface area (Å²) < 4.78 is 27.2. The third-order valence-corrected chi connectivity index (χ3v) is 5.90. The number of furan rings is 1. The van der Waals surface area contributed by atoms with E-state index >= 15 is 0 Å². The van der Waals surface area contributed by atoms with Crippen molar-refractivity contribution in [3.05, 3.63) is 79.1 Å². The van der Waals surface area contributed by atoms with Gasteiger partial charge in [0.15, 0.2) is 6.61 Å². The topological polar surface area (TPSA) is 105 Å². The van der Waals surface area contributed by atoms with Crippen LogP contribution >= 0.6 is 0 Å². The number of ether oxygens (including phenoxy) is 4. The van der Waals surface area contributed by atoms with E-state index < -0.39 is 5.97 Å². The third kappa shape index (κ3) is 5.08. The van der Waals surface area contributed by atoms with Gasteiger partial charge in [0.2, 0.25) is 5.71 Å². The molecule has 0 aliphatic rings. The summed E-state index contributed by atoms with van der Waals surface area (Å²) >= 11 is 0. The summed E-state index contributed by atoms with van der Waals surface area (Å²) in [4.78, 5) is 20.4. The summed E-state index contributed by atoms with van der Waals surface area (Å²) in [7, 11) is 4.57. The first-order valence-corrected chi connectivity index (χ1v) is 11.7. The molecule has 0 unspecified atom stereocenters. The van der Waals surface area contributed by atoms with Crippen molar-refractivity contribution in [2.45, 2.75) is 0 Å². The number of benzene rings is 3.